The van der Waals surface area contributed by atoms with E-state index in [1.165, 1.54) is 18.2 Å². The largest absolute Gasteiger partial charge is 0.418 e. The van der Waals surface area contributed by atoms with Gasteiger partial charge in [-0.3, -0.25) is 4.79 Å². The molecule has 0 saturated heterocycles. The molecule has 0 bridgehead atoms. The number of nitrogens with one attached hydrogen (secondary N) is 1. The van der Waals surface area contributed by atoms with Crippen molar-refractivity contribution in [2.45, 2.75) is 6.18 Å². The fourth-order valence-corrected chi connectivity index (χ4v) is 1.05. The van der Waals surface area contributed by atoms with E-state index in [1.807, 2.05) is 0 Å². The number of quaternary nitrogens is 1. The van der Waals surface area contributed by atoms with E-state index in [2.05, 4.69) is 11.1 Å². The van der Waals surface area contributed by atoms with Gasteiger partial charge in [-0.05, 0) is 12.1 Å². The monoisotopic (exact) mass is 219 g/mol. The second kappa shape index (κ2) is 4.31. The molecule has 0 aliphatic rings. The predicted octanol–water partition coefficient (Wildman–Crippen LogP) is 0.886. The fraction of sp³-hybridized carbons (Fsp3) is 0.222. The molecule has 1 aromatic carbocycles. The zero-order valence-electron chi connectivity index (χ0n) is 7.77. The summed E-state index contributed by atoms with van der Waals surface area (Å²) in [5, 5.41) is 2.15. The van der Waals surface area contributed by atoms with Gasteiger partial charge >= 0.3 is 6.18 Å². The second-order valence-electron chi connectivity index (χ2n) is 2.84. The lowest BCUT2D eigenvalue weighted by atomic mass is 10.1. The minimum absolute atomic E-state index is 0.105. The molecule has 3 nitrogen and oxygen atoms in total. The number of para-hydroxylation sites is 1. The Morgan fingerprint density at radius 2 is 1.93 bits per heavy atom. The molecule has 0 aliphatic heterocycles. The Morgan fingerprint density at radius 1 is 1.33 bits per heavy atom. The number of anilines is 1. The van der Waals surface area contributed by atoms with Crippen LogP contribution in [0.25, 0.3) is 0 Å². The Bertz CT molecular complexity index is 363. The number of hydrogen-bond donors (Lipinski definition) is 2. The summed E-state index contributed by atoms with van der Waals surface area (Å²) in [6, 6.07) is 4.81. The molecule has 15 heavy (non-hydrogen) atoms. The third-order valence-corrected chi connectivity index (χ3v) is 1.73. The molecular formula is C9H10F3N2O+. The van der Waals surface area contributed by atoms with Crippen LogP contribution in [0.2, 0.25) is 0 Å². The molecule has 0 spiro atoms. The van der Waals surface area contributed by atoms with Crippen molar-refractivity contribution in [2.24, 2.45) is 0 Å². The maximum atomic E-state index is 12.4. The van der Waals surface area contributed by atoms with Crippen LogP contribution in [-0.4, -0.2) is 12.5 Å². The fourth-order valence-electron chi connectivity index (χ4n) is 1.05. The van der Waals surface area contributed by atoms with Crippen molar-refractivity contribution in [3.05, 3.63) is 29.8 Å². The van der Waals surface area contributed by atoms with E-state index >= 15 is 0 Å². The Kier molecular flexibility index (Phi) is 3.31. The minimum atomic E-state index is -4.47. The SMILES string of the molecule is [NH3+]CC(=O)Nc1ccccc1C(F)(F)F. The molecule has 0 fully saturated rings. The topological polar surface area (TPSA) is 56.7 Å². The third kappa shape index (κ3) is 2.95. The summed E-state index contributed by atoms with van der Waals surface area (Å²) in [6.07, 6.45) is -4.47. The van der Waals surface area contributed by atoms with Gasteiger partial charge in [-0.15, -0.1) is 0 Å². The summed E-state index contributed by atoms with van der Waals surface area (Å²) in [4.78, 5) is 10.9. The van der Waals surface area contributed by atoms with Crippen LogP contribution in [0, 0.1) is 0 Å². The van der Waals surface area contributed by atoms with Crippen molar-refractivity contribution in [1.82, 2.24) is 0 Å². The van der Waals surface area contributed by atoms with Crippen LogP contribution in [0.15, 0.2) is 24.3 Å². The third-order valence-electron chi connectivity index (χ3n) is 1.73. The van der Waals surface area contributed by atoms with Gasteiger partial charge in [0.05, 0.1) is 11.3 Å². The van der Waals surface area contributed by atoms with E-state index in [-0.39, 0.29) is 12.2 Å². The summed E-state index contributed by atoms with van der Waals surface area (Å²) in [5.74, 6) is -0.549. The first-order valence-electron chi connectivity index (χ1n) is 4.20. The van der Waals surface area contributed by atoms with Gasteiger partial charge in [0.25, 0.3) is 5.91 Å². The zero-order valence-corrected chi connectivity index (χ0v) is 7.77. The zero-order chi connectivity index (χ0) is 11.5. The van der Waals surface area contributed by atoms with Crippen molar-refractivity contribution >= 4 is 11.6 Å². The lowest BCUT2D eigenvalue weighted by Crippen LogP contribution is -2.55. The molecular weight excluding hydrogens is 209 g/mol. The van der Waals surface area contributed by atoms with Crippen molar-refractivity contribution < 1.29 is 23.7 Å². The highest BCUT2D eigenvalue weighted by Gasteiger charge is 2.33. The molecule has 1 amide bonds. The molecule has 1 aromatic rings. The molecule has 0 aromatic heterocycles. The van der Waals surface area contributed by atoms with E-state index in [0.29, 0.717) is 0 Å². The molecule has 0 aliphatic carbocycles. The maximum Gasteiger partial charge on any atom is 0.418 e. The van der Waals surface area contributed by atoms with Gasteiger partial charge in [-0.2, -0.15) is 13.2 Å². The predicted molar refractivity (Wildman–Crippen MR) is 47.8 cm³/mol. The number of carbonyl (C=O) groups is 1. The van der Waals surface area contributed by atoms with E-state index in [9.17, 15) is 18.0 Å². The first-order valence-corrected chi connectivity index (χ1v) is 4.20. The first kappa shape index (κ1) is 11.5. The summed E-state index contributed by atoms with van der Waals surface area (Å²) in [5.41, 5.74) is 2.19. The van der Waals surface area contributed by atoms with E-state index in [4.69, 9.17) is 0 Å². The van der Waals surface area contributed by atoms with E-state index in [1.54, 1.807) is 0 Å². The molecule has 0 unspecified atom stereocenters. The summed E-state index contributed by atoms with van der Waals surface area (Å²) < 4.78 is 37.3. The molecule has 6 heteroatoms. The number of alkyl halides is 3. The highest BCUT2D eigenvalue weighted by molar-refractivity contribution is 5.92. The average Bonchev–Trinajstić information content (AvgIpc) is 2.17. The minimum Gasteiger partial charge on any atom is -0.350 e. The van der Waals surface area contributed by atoms with E-state index < -0.39 is 17.6 Å². The molecule has 82 valence electrons. The van der Waals surface area contributed by atoms with Gasteiger partial charge in [-0.25, -0.2) is 0 Å². The Balaban J connectivity index is 3.02. The number of carbonyl (C=O) groups excluding carboxylic acids is 1. The Hall–Kier alpha value is -1.56. The molecule has 1 rings (SSSR count). The van der Waals surface area contributed by atoms with Crippen LogP contribution in [0.3, 0.4) is 0 Å². The van der Waals surface area contributed by atoms with Crippen molar-refractivity contribution in [3.8, 4) is 0 Å². The number of rotatable bonds is 2. The molecule has 4 N–H and O–H groups in total. The van der Waals surface area contributed by atoms with Gasteiger partial charge in [0.1, 0.15) is 0 Å². The van der Waals surface area contributed by atoms with Gasteiger partial charge < -0.3 is 11.1 Å². The van der Waals surface area contributed by atoms with Crippen LogP contribution in [-0.2, 0) is 11.0 Å². The smallest absolute Gasteiger partial charge is 0.350 e. The van der Waals surface area contributed by atoms with Gasteiger partial charge in [0.15, 0.2) is 6.54 Å². The normalized spacial score (nSPS) is 11.2. The van der Waals surface area contributed by atoms with Crippen LogP contribution >= 0.6 is 0 Å². The second-order valence-corrected chi connectivity index (χ2v) is 2.84. The van der Waals surface area contributed by atoms with Crippen LogP contribution < -0.4 is 11.1 Å². The molecule has 0 radical (unpaired) electrons. The number of halogens is 3. The van der Waals surface area contributed by atoms with Crippen LogP contribution in [0.5, 0.6) is 0 Å². The summed E-state index contributed by atoms with van der Waals surface area (Å²) in [6.45, 7) is -0.105. The number of benzene rings is 1. The van der Waals surface area contributed by atoms with Crippen LogP contribution in [0.1, 0.15) is 5.56 Å². The van der Waals surface area contributed by atoms with Gasteiger partial charge in [0, 0.05) is 0 Å². The number of amides is 1. The lowest BCUT2D eigenvalue weighted by molar-refractivity contribution is -0.353. The Morgan fingerprint density at radius 3 is 2.47 bits per heavy atom. The molecule has 0 heterocycles. The number of hydrogen-bond acceptors (Lipinski definition) is 1. The van der Waals surface area contributed by atoms with Crippen LogP contribution in [0.4, 0.5) is 18.9 Å². The highest BCUT2D eigenvalue weighted by atomic mass is 19.4. The lowest BCUT2D eigenvalue weighted by Gasteiger charge is -2.12. The average molecular weight is 219 g/mol. The first-order chi connectivity index (χ1) is 6.95. The summed E-state index contributed by atoms with van der Waals surface area (Å²) >= 11 is 0. The van der Waals surface area contributed by atoms with Crippen molar-refractivity contribution in [2.75, 3.05) is 11.9 Å². The molecule has 0 saturated carbocycles. The van der Waals surface area contributed by atoms with Crippen molar-refractivity contribution in [3.63, 3.8) is 0 Å². The molecule has 0 atom stereocenters. The summed E-state index contributed by atoms with van der Waals surface area (Å²) in [7, 11) is 0. The van der Waals surface area contributed by atoms with E-state index in [0.717, 1.165) is 6.07 Å². The Labute approximate surface area is 84.1 Å². The standard InChI is InChI=1S/C9H9F3N2O/c10-9(11,12)6-3-1-2-4-7(6)14-8(15)5-13/h1-4H,5,13H2,(H,14,15)/p+1. The van der Waals surface area contributed by atoms with Gasteiger partial charge in [0.2, 0.25) is 0 Å². The highest BCUT2D eigenvalue weighted by Crippen LogP contribution is 2.34. The maximum absolute atomic E-state index is 12.4. The van der Waals surface area contributed by atoms with Gasteiger partial charge in [-0.1, -0.05) is 12.1 Å². The van der Waals surface area contributed by atoms with Crippen molar-refractivity contribution in [1.29, 1.82) is 0 Å². The quantitative estimate of drug-likeness (QED) is 0.762.